The molecular weight excluding hydrogens is 389 g/mol. The zero-order valence-corrected chi connectivity index (χ0v) is 15.7. The van der Waals surface area contributed by atoms with Gasteiger partial charge in [-0.2, -0.15) is 5.10 Å². The molecule has 0 spiro atoms. The number of halogens is 2. The fourth-order valence-electron chi connectivity index (χ4n) is 2.54. The number of carbonyl (C=O) groups is 2. The van der Waals surface area contributed by atoms with E-state index in [1.165, 1.54) is 26.1 Å². The second-order valence-corrected chi connectivity index (χ2v) is 6.40. The summed E-state index contributed by atoms with van der Waals surface area (Å²) >= 11 is 5.68. The third-order valence-corrected chi connectivity index (χ3v) is 4.28. The Bertz CT molecular complexity index is 1150. The van der Waals surface area contributed by atoms with Gasteiger partial charge in [-0.1, -0.05) is 29.8 Å². The number of nitrogens with one attached hydrogen (secondary N) is 1. The number of anilines is 1. The summed E-state index contributed by atoms with van der Waals surface area (Å²) in [5.74, 6) is -2.11. The van der Waals surface area contributed by atoms with Crippen molar-refractivity contribution in [3.05, 3.63) is 69.4 Å². The maximum absolute atomic E-state index is 13.2. The fourth-order valence-corrected chi connectivity index (χ4v) is 2.72. The number of amides is 1. The molecule has 0 aliphatic heterocycles. The van der Waals surface area contributed by atoms with Crippen molar-refractivity contribution in [2.75, 3.05) is 5.32 Å². The molecule has 7 nitrogen and oxygen atoms in total. The number of hydrogen-bond donors (Lipinski definition) is 1. The van der Waals surface area contributed by atoms with Gasteiger partial charge in [-0.3, -0.25) is 9.59 Å². The van der Waals surface area contributed by atoms with Gasteiger partial charge in [0, 0.05) is 18.1 Å². The molecule has 0 bridgehead atoms. The Hall–Kier alpha value is -3.26. The number of rotatable bonds is 4. The standard InChI is InChI=1S/C19H15ClFN3O4/c1-10(17(25)22-11-7-8-15(21)14(20)9-11)28-19(27)16-12-5-3-4-6-13(12)18(26)24(2)23-16/h3-10H,1-2H3,(H,22,25)/t10-/m0/s1. The minimum atomic E-state index is -1.17. The molecule has 0 saturated heterocycles. The summed E-state index contributed by atoms with van der Waals surface area (Å²) in [4.78, 5) is 36.9. The molecule has 0 radical (unpaired) electrons. The molecular formula is C19H15ClFN3O4. The highest BCUT2D eigenvalue weighted by Crippen LogP contribution is 2.20. The first-order chi connectivity index (χ1) is 13.3. The van der Waals surface area contributed by atoms with Crippen LogP contribution in [0.5, 0.6) is 0 Å². The van der Waals surface area contributed by atoms with Gasteiger partial charge in [-0.05, 0) is 31.2 Å². The van der Waals surface area contributed by atoms with Crippen molar-refractivity contribution < 1.29 is 18.7 Å². The lowest BCUT2D eigenvalue weighted by Gasteiger charge is -2.14. The molecule has 1 N–H and O–H groups in total. The van der Waals surface area contributed by atoms with E-state index in [0.717, 1.165) is 10.7 Å². The minimum absolute atomic E-state index is 0.0813. The summed E-state index contributed by atoms with van der Waals surface area (Å²) in [6.07, 6.45) is -1.17. The van der Waals surface area contributed by atoms with Crippen LogP contribution in [0.3, 0.4) is 0 Å². The van der Waals surface area contributed by atoms with Crippen molar-refractivity contribution in [2.45, 2.75) is 13.0 Å². The summed E-state index contributed by atoms with van der Waals surface area (Å²) in [7, 11) is 1.42. The molecule has 3 aromatic rings. The number of esters is 1. The first kappa shape index (κ1) is 19.5. The third kappa shape index (κ3) is 3.86. The molecule has 9 heteroatoms. The number of nitrogens with zero attached hydrogens (tertiary/aromatic N) is 2. The van der Waals surface area contributed by atoms with E-state index in [1.807, 2.05) is 0 Å². The van der Waals surface area contributed by atoms with Crippen molar-refractivity contribution in [1.82, 2.24) is 9.78 Å². The predicted molar refractivity (Wildman–Crippen MR) is 102 cm³/mol. The van der Waals surface area contributed by atoms with Crippen LogP contribution < -0.4 is 10.9 Å². The third-order valence-electron chi connectivity index (χ3n) is 3.99. The first-order valence-electron chi connectivity index (χ1n) is 8.21. The maximum atomic E-state index is 13.2. The Morgan fingerprint density at radius 2 is 1.89 bits per heavy atom. The van der Waals surface area contributed by atoms with Crippen molar-refractivity contribution in [1.29, 1.82) is 0 Å². The van der Waals surface area contributed by atoms with Crippen LogP contribution in [-0.2, 0) is 16.6 Å². The molecule has 0 unspecified atom stereocenters. The molecule has 1 heterocycles. The first-order valence-corrected chi connectivity index (χ1v) is 8.58. The van der Waals surface area contributed by atoms with Gasteiger partial charge in [-0.25, -0.2) is 13.9 Å². The summed E-state index contributed by atoms with van der Waals surface area (Å²) in [6, 6.07) is 10.2. The van der Waals surface area contributed by atoms with Gasteiger partial charge in [0.2, 0.25) is 0 Å². The highest BCUT2D eigenvalue weighted by Gasteiger charge is 2.23. The van der Waals surface area contributed by atoms with Crippen LogP contribution in [0.1, 0.15) is 17.4 Å². The topological polar surface area (TPSA) is 90.3 Å². The van der Waals surface area contributed by atoms with Gasteiger partial charge < -0.3 is 10.1 Å². The van der Waals surface area contributed by atoms with Crippen LogP contribution in [0.2, 0.25) is 5.02 Å². The van der Waals surface area contributed by atoms with E-state index < -0.39 is 23.8 Å². The number of aryl methyl sites for hydroxylation is 1. The van der Waals surface area contributed by atoms with E-state index in [2.05, 4.69) is 10.4 Å². The van der Waals surface area contributed by atoms with Crippen LogP contribution in [0, 0.1) is 5.82 Å². The second kappa shape index (κ2) is 7.77. The van der Waals surface area contributed by atoms with E-state index in [4.69, 9.17) is 16.3 Å². The highest BCUT2D eigenvalue weighted by atomic mass is 35.5. The molecule has 0 aliphatic rings. The average Bonchev–Trinajstić information content (AvgIpc) is 2.67. The Kier molecular flexibility index (Phi) is 5.41. The van der Waals surface area contributed by atoms with E-state index in [1.54, 1.807) is 24.3 Å². The Morgan fingerprint density at radius 3 is 2.57 bits per heavy atom. The Balaban J connectivity index is 1.80. The van der Waals surface area contributed by atoms with E-state index in [-0.39, 0.29) is 22.0 Å². The van der Waals surface area contributed by atoms with Gasteiger partial charge in [0.1, 0.15) is 5.82 Å². The van der Waals surface area contributed by atoms with Gasteiger partial charge in [-0.15, -0.1) is 0 Å². The number of hydrogen-bond acceptors (Lipinski definition) is 5. The summed E-state index contributed by atoms with van der Waals surface area (Å²) in [6.45, 7) is 1.38. The molecule has 28 heavy (non-hydrogen) atoms. The zero-order chi connectivity index (χ0) is 20.4. The number of fused-ring (bicyclic) bond motifs is 1. The summed E-state index contributed by atoms with van der Waals surface area (Å²) in [5.41, 5.74) is -0.182. The number of ether oxygens (including phenoxy) is 1. The van der Waals surface area contributed by atoms with Crippen LogP contribution in [0.15, 0.2) is 47.3 Å². The molecule has 0 saturated carbocycles. The molecule has 3 rings (SSSR count). The Labute approximate surface area is 163 Å². The largest absolute Gasteiger partial charge is 0.448 e. The average molecular weight is 404 g/mol. The molecule has 0 fully saturated rings. The van der Waals surface area contributed by atoms with Crippen molar-refractivity contribution in [2.24, 2.45) is 7.05 Å². The van der Waals surface area contributed by atoms with Gasteiger partial charge in [0.05, 0.1) is 10.4 Å². The normalized spacial score (nSPS) is 11.9. The van der Waals surface area contributed by atoms with Crippen molar-refractivity contribution in [3.63, 3.8) is 0 Å². The summed E-state index contributed by atoms with van der Waals surface area (Å²) < 4.78 is 19.4. The minimum Gasteiger partial charge on any atom is -0.448 e. The van der Waals surface area contributed by atoms with E-state index in [0.29, 0.717) is 10.8 Å². The van der Waals surface area contributed by atoms with Crippen LogP contribution in [-0.4, -0.2) is 27.8 Å². The molecule has 144 valence electrons. The fraction of sp³-hybridized carbons (Fsp3) is 0.158. The second-order valence-electron chi connectivity index (χ2n) is 5.99. The lowest BCUT2D eigenvalue weighted by Crippen LogP contribution is -2.31. The monoisotopic (exact) mass is 403 g/mol. The lowest BCUT2D eigenvalue weighted by atomic mass is 10.1. The van der Waals surface area contributed by atoms with Gasteiger partial charge in [0.15, 0.2) is 11.8 Å². The van der Waals surface area contributed by atoms with Crippen LogP contribution in [0.25, 0.3) is 10.8 Å². The Morgan fingerprint density at radius 1 is 1.21 bits per heavy atom. The van der Waals surface area contributed by atoms with Crippen LogP contribution >= 0.6 is 11.6 Å². The highest BCUT2D eigenvalue weighted by molar-refractivity contribution is 6.31. The van der Waals surface area contributed by atoms with Crippen molar-refractivity contribution in [3.8, 4) is 0 Å². The SMILES string of the molecule is C[C@H](OC(=O)c1nn(C)c(=O)c2ccccc12)C(=O)Nc1ccc(F)c(Cl)c1. The van der Waals surface area contributed by atoms with Crippen molar-refractivity contribution >= 4 is 39.9 Å². The predicted octanol–water partition coefficient (Wildman–Crippen LogP) is 2.91. The van der Waals surface area contributed by atoms with E-state index in [9.17, 15) is 18.8 Å². The molecule has 1 aromatic heterocycles. The smallest absolute Gasteiger partial charge is 0.360 e. The van der Waals surface area contributed by atoms with Crippen LogP contribution in [0.4, 0.5) is 10.1 Å². The summed E-state index contributed by atoms with van der Waals surface area (Å²) in [5, 5.41) is 6.93. The lowest BCUT2D eigenvalue weighted by molar-refractivity contribution is -0.123. The number of aromatic nitrogens is 2. The molecule has 2 aromatic carbocycles. The molecule has 0 aliphatic carbocycles. The zero-order valence-electron chi connectivity index (χ0n) is 14.9. The quantitative estimate of drug-likeness (QED) is 0.676. The number of carbonyl (C=O) groups excluding carboxylic acids is 2. The number of benzene rings is 2. The van der Waals surface area contributed by atoms with E-state index >= 15 is 0 Å². The maximum Gasteiger partial charge on any atom is 0.360 e. The molecule has 1 atom stereocenters. The van der Waals surface area contributed by atoms with Gasteiger partial charge in [0.25, 0.3) is 11.5 Å². The molecule has 1 amide bonds. The van der Waals surface area contributed by atoms with Gasteiger partial charge >= 0.3 is 5.97 Å².